The molecule has 2 nitrogen and oxygen atoms in total. The van der Waals surface area contributed by atoms with E-state index in [1.807, 2.05) is 18.2 Å². The molecule has 0 N–H and O–H groups in total. The molecule has 0 aliphatic heterocycles. The van der Waals surface area contributed by atoms with Crippen molar-refractivity contribution in [3.63, 3.8) is 0 Å². The average Bonchev–Trinajstić information content (AvgIpc) is 3.29. The third kappa shape index (κ3) is 6.44. The van der Waals surface area contributed by atoms with Gasteiger partial charge in [0, 0.05) is 22.1 Å². The van der Waals surface area contributed by atoms with Gasteiger partial charge >= 0.3 is 0 Å². The minimum Gasteiger partial charge on any atom is -0.248 e. The Balaban J connectivity index is 0.996. The first-order valence-electron chi connectivity index (χ1n) is 19.1. The van der Waals surface area contributed by atoms with Gasteiger partial charge in [0.1, 0.15) is 0 Å². The maximum Gasteiger partial charge on any atom is 0.0722 e. The summed E-state index contributed by atoms with van der Waals surface area (Å²) in [5, 5.41) is 3.57. The second-order valence-corrected chi connectivity index (χ2v) is 14.2. The zero-order chi connectivity index (χ0) is 37.3. The van der Waals surface area contributed by atoms with E-state index in [1.165, 1.54) is 49.5 Å². The van der Waals surface area contributed by atoms with Crippen LogP contribution in [0, 0.1) is 0 Å². The first-order chi connectivity index (χ1) is 27.7. The van der Waals surface area contributed by atoms with Crippen LogP contribution in [0.15, 0.2) is 218 Å². The number of nitrogens with zero attached hydrogens (tertiary/aromatic N) is 2. The molecule has 8 aromatic carbocycles. The van der Waals surface area contributed by atoms with Crippen molar-refractivity contribution in [3.05, 3.63) is 218 Å². The fourth-order valence-corrected chi connectivity index (χ4v) is 7.79. The lowest BCUT2D eigenvalue weighted by Crippen LogP contribution is -1.91. The molecule has 0 atom stereocenters. The van der Waals surface area contributed by atoms with E-state index in [1.54, 1.807) is 0 Å². The van der Waals surface area contributed by atoms with Gasteiger partial charge in [-0.1, -0.05) is 182 Å². The number of hydrogen-bond acceptors (Lipinski definition) is 2. The summed E-state index contributed by atoms with van der Waals surface area (Å²) in [7, 11) is 0. The van der Waals surface area contributed by atoms with Crippen molar-refractivity contribution in [2.75, 3.05) is 0 Å². The molecule has 56 heavy (non-hydrogen) atoms. The average molecular weight is 713 g/mol. The van der Waals surface area contributed by atoms with Crippen LogP contribution in [-0.4, -0.2) is 9.97 Å². The molecule has 262 valence electrons. The molecule has 0 aliphatic rings. The molecule has 2 aromatic heterocycles. The minimum atomic E-state index is 0.963. The van der Waals surface area contributed by atoms with Gasteiger partial charge in [-0.3, -0.25) is 0 Å². The minimum absolute atomic E-state index is 0.963. The van der Waals surface area contributed by atoms with Crippen molar-refractivity contribution < 1.29 is 0 Å². The molecule has 0 radical (unpaired) electrons. The van der Waals surface area contributed by atoms with Crippen LogP contribution in [0.2, 0.25) is 0 Å². The van der Waals surface area contributed by atoms with Crippen LogP contribution < -0.4 is 0 Å². The largest absolute Gasteiger partial charge is 0.248 e. The molecule has 2 heteroatoms. The van der Waals surface area contributed by atoms with Gasteiger partial charge in [-0.05, 0) is 91.7 Å². The van der Waals surface area contributed by atoms with Crippen molar-refractivity contribution in [2.24, 2.45) is 0 Å². The predicted molar refractivity (Wildman–Crippen MR) is 235 cm³/mol. The lowest BCUT2D eigenvalue weighted by molar-refractivity contribution is 1.32. The van der Waals surface area contributed by atoms with Crippen molar-refractivity contribution in [1.29, 1.82) is 0 Å². The molecule has 0 aliphatic carbocycles. The van der Waals surface area contributed by atoms with Crippen molar-refractivity contribution in [3.8, 4) is 78.3 Å². The highest BCUT2D eigenvalue weighted by atomic mass is 14.7. The molecule has 0 saturated heterocycles. The normalized spacial score (nSPS) is 11.2. The number of benzene rings is 8. The second-order valence-electron chi connectivity index (χ2n) is 14.2. The summed E-state index contributed by atoms with van der Waals surface area (Å²) >= 11 is 0. The SMILES string of the molecule is c1ccc(-c2cc(-c3cccc(-c4ccc(-c5ccc6c(ccc7nc(-c8ccccc8)cc(-c8ccccc8)c76)c5)cc4)c3)cc(-c3ccccc3)n2)cc1. The Bertz CT molecular complexity index is 2920. The summed E-state index contributed by atoms with van der Waals surface area (Å²) < 4.78 is 0. The lowest BCUT2D eigenvalue weighted by Gasteiger charge is -2.14. The fraction of sp³-hybridized carbons (Fsp3) is 0. The van der Waals surface area contributed by atoms with E-state index in [0.717, 1.165) is 50.4 Å². The van der Waals surface area contributed by atoms with Crippen LogP contribution in [0.25, 0.3) is 100.0 Å². The third-order valence-electron chi connectivity index (χ3n) is 10.7. The summed E-state index contributed by atoms with van der Waals surface area (Å²) in [4.78, 5) is 10.2. The summed E-state index contributed by atoms with van der Waals surface area (Å²) in [6.45, 7) is 0. The Morgan fingerprint density at radius 2 is 0.696 bits per heavy atom. The molecule has 0 amide bonds. The number of hydrogen-bond donors (Lipinski definition) is 0. The Kier molecular flexibility index (Phi) is 8.55. The zero-order valence-corrected chi connectivity index (χ0v) is 30.7. The molecule has 0 saturated carbocycles. The highest BCUT2D eigenvalue weighted by Crippen LogP contribution is 2.39. The topological polar surface area (TPSA) is 25.8 Å². The first kappa shape index (κ1) is 33.2. The van der Waals surface area contributed by atoms with E-state index >= 15 is 0 Å². The maximum absolute atomic E-state index is 5.16. The van der Waals surface area contributed by atoms with E-state index < -0.39 is 0 Å². The summed E-state index contributed by atoms with van der Waals surface area (Å²) in [5.74, 6) is 0. The predicted octanol–water partition coefficient (Wildman–Crippen LogP) is 14.5. The molecule has 10 aromatic rings. The van der Waals surface area contributed by atoms with Gasteiger partial charge in [0.15, 0.2) is 0 Å². The summed E-state index contributed by atoms with van der Waals surface area (Å²) in [6.07, 6.45) is 0. The summed E-state index contributed by atoms with van der Waals surface area (Å²) in [5.41, 5.74) is 16.6. The molecule has 0 bridgehead atoms. The van der Waals surface area contributed by atoms with Crippen LogP contribution in [0.4, 0.5) is 0 Å². The van der Waals surface area contributed by atoms with Crippen molar-refractivity contribution in [2.45, 2.75) is 0 Å². The molecular weight excluding hydrogens is 677 g/mol. The fourth-order valence-electron chi connectivity index (χ4n) is 7.79. The molecule has 0 unspecified atom stereocenters. The third-order valence-corrected chi connectivity index (χ3v) is 10.7. The highest BCUT2D eigenvalue weighted by Gasteiger charge is 2.14. The molecule has 2 heterocycles. The Hall–Kier alpha value is -7.42. The van der Waals surface area contributed by atoms with Crippen LogP contribution in [-0.2, 0) is 0 Å². The Morgan fingerprint density at radius 3 is 1.25 bits per heavy atom. The molecule has 10 rings (SSSR count). The van der Waals surface area contributed by atoms with Gasteiger partial charge in [-0.15, -0.1) is 0 Å². The first-order valence-corrected chi connectivity index (χ1v) is 19.1. The number of aromatic nitrogens is 2. The smallest absolute Gasteiger partial charge is 0.0722 e. The van der Waals surface area contributed by atoms with E-state index in [9.17, 15) is 0 Å². The Morgan fingerprint density at radius 1 is 0.250 bits per heavy atom. The van der Waals surface area contributed by atoms with Gasteiger partial charge in [0.25, 0.3) is 0 Å². The number of rotatable bonds is 7. The van der Waals surface area contributed by atoms with E-state index in [2.05, 4.69) is 200 Å². The quantitative estimate of drug-likeness (QED) is 0.154. The van der Waals surface area contributed by atoms with Gasteiger partial charge < -0.3 is 0 Å². The van der Waals surface area contributed by atoms with E-state index in [4.69, 9.17) is 9.97 Å². The van der Waals surface area contributed by atoms with Crippen molar-refractivity contribution in [1.82, 2.24) is 9.97 Å². The number of fused-ring (bicyclic) bond motifs is 3. The van der Waals surface area contributed by atoms with Crippen LogP contribution in [0.1, 0.15) is 0 Å². The highest BCUT2D eigenvalue weighted by molar-refractivity contribution is 6.14. The van der Waals surface area contributed by atoms with Crippen LogP contribution in [0.3, 0.4) is 0 Å². The lowest BCUT2D eigenvalue weighted by atomic mass is 9.92. The van der Waals surface area contributed by atoms with E-state index in [0.29, 0.717) is 0 Å². The monoisotopic (exact) mass is 712 g/mol. The Labute approximate surface area is 327 Å². The van der Waals surface area contributed by atoms with Gasteiger partial charge in [-0.25, -0.2) is 9.97 Å². The summed E-state index contributed by atoms with van der Waals surface area (Å²) in [6, 6.07) is 77.6. The molecule has 0 fully saturated rings. The maximum atomic E-state index is 5.16. The van der Waals surface area contributed by atoms with Crippen LogP contribution >= 0.6 is 0 Å². The van der Waals surface area contributed by atoms with E-state index in [-0.39, 0.29) is 0 Å². The van der Waals surface area contributed by atoms with Crippen molar-refractivity contribution >= 4 is 21.7 Å². The zero-order valence-electron chi connectivity index (χ0n) is 30.7. The van der Waals surface area contributed by atoms with Gasteiger partial charge in [0.2, 0.25) is 0 Å². The van der Waals surface area contributed by atoms with Gasteiger partial charge in [-0.2, -0.15) is 0 Å². The standard InChI is InChI=1S/C54H36N2/c1-5-14-39(15-6-1)49-36-53(42-20-11-4-12-21-42)55-50-31-29-46-33-45(28-30-48(46)54(49)50)38-26-24-37(25-27-38)43-22-13-23-44(32-43)47-34-51(40-16-7-2-8-17-40)56-52(35-47)41-18-9-3-10-19-41/h1-36H. The molecular formula is C54H36N2. The van der Waals surface area contributed by atoms with Gasteiger partial charge in [0.05, 0.1) is 22.6 Å². The van der Waals surface area contributed by atoms with Crippen LogP contribution in [0.5, 0.6) is 0 Å². The second kappa shape index (κ2) is 14.4. The molecule has 0 spiro atoms. The number of pyridine rings is 2.